The van der Waals surface area contributed by atoms with Gasteiger partial charge in [-0.05, 0) is 71.6 Å². The summed E-state index contributed by atoms with van der Waals surface area (Å²) in [6, 6.07) is 16.9. The third-order valence-corrected chi connectivity index (χ3v) is 13.6. The van der Waals surface area contributed by atoms with Crippen LogP contribution in [0, 0.1) is 0 Å². The lowest BCUT2D eigenvalue weighted by molar-refractivity contribution is 0.130. The van der Waals surface area contributed by atoms with E-state index in [0.717, 1.165) is 15.6 Å². The van der Waals surface area contributed by atoms with Crippen molar-refractivity contribution in [2.75, 3.05) is 0 Å². The van der Waals surface area contributed by atoms with E-state index in [1.165, 1.54) is 24.8 Å². The highest BCUT2D eigenvalue weighted by atomic mass is 35.5. The Bertz CT molecular complexity index is 929. The molecular formula is C28H41Cl2NOSSi. The molecular weight excluding hydrogens is 497 g/mol. The first kappa shape index (κ1) is 28.1. The number of hydrogen-bond donors (Lipinski definition) is 1. The molecule has 0 spiro atoms. The average molecular weight is 539 g/mol. The summed E-state index contributed by atoms with van der Waals surface area (Å²) in [6.07, 6.45) is 3.57. The van der Waals surface area contributed by atoms with Gasteiger partial charge < -0.3 is 9.74 Å². The minimum absolute atomic E-state index is 0.00298. The molecule has 0 bridgehead atoms. The fourth-order valence-corrected chi connectivity index (χ4v) is 7.39. The summed E-state index contributed by atoms with van der Waals surface area (Å²) in [5.74, 6) is 0. The lowest BCUT2D eigenvalue weighted by Gasteiger charge is -2.43. The maximum atomic E-state index is 7.19. The largest absolute Gasteiger partial charge is 0.408 e. The van der Waals surface area contributed by atoms with Crippen LogP contribution in [0.1, 0.15) is 77.2 Å². The van der Waals surface area contributed by atoms with Gasteiger partial charge in [0.15, 0.2) is 8.32 Å². The second kappa shape index (κ2) is 11.7. The fraction of sp³-hybridized carbons (Fsp3) is 0.571. The predicted molar refractivity (Wildman–Crippen MR) is 154 cm³/mol. The van der Waals surface area contributed by atoms with E-state index >= 15 is 0 Å². The molecule has 188 valence electrons. The molecule has 1 aliphatic rings. The number of hydrogen-bond acceptors (Lipinski definition) is 3. The van der Waals surface area contributed by atoms with Crippen molar-refractivity contribution in [3.05, 3.63) is 69.7 Å². The molecule has 0 aliphatic heterocycles. The Morgan fingerprint density at radius 2 is 1.65 bits per heavy atom. The topological polar surface area (TPSA) is 21.3 Å². The minimum Gasteiger partial charge on any atom is -0.408 e. The van der Waals surface area contributed by atoms with Crippen LogP contribution < -0.4 is 5.32 Å². The first-order valence-electron chi connectivity index (χ1n) is 12.5. The molecule has 0 aromatic heterocycles. The van der Waals surface area contributed by atoms with Crippen molar-refractivity contribution in [3.8, 4) is 0 Å². The van der Waals surface area contributed by atoms with Crippen molar-refractivity contribution in [3.63, 3.8) is 0 Å². The molecule has 0 heterocycles. The quantitative estimate of drug-likeness (QED) is 0.321. The average Bonchev–Trinajstić information content (AvgIpc) is 3.16. The highest BCUT2D eigenvalue weighted by Crippen LogP contribution is 2.45. The number of thioether (sulfide) groups is 1. The molecule has 34 heavy (non-hydrogen) atoms. The van der Waals surface area contributed by atoms with Crippen molar-refractivity contribution in [2.24, 2.45) is 0 Å². The van der Waals surface area contributed by atoms with Crippen LogP contribution in [-0.2, 0) is 4.43 Å². The van der Waals surface area contributed by atoms with Crippen LogP contribution in [-0.4, -0.2) is 24.9 Å². The second-order valence-corrected chi connectivity index (χ2v) is 18.8. The Hall–Kier alpha value is -0.493. The maximum absolute atomic E-state index is 7.19. The van der Waals surface area contributed by atoms with Gasteiger partial charge in [-0.15, -0.1) is 0 Å². The standard InChI is InChI=1S/C28H41Cl2NOSSi/c1-19(2)33-25-13-9-12-24(25)31-26(20-14-16-22(29)17-15-20)27(21-10-8-11-23(30)18-21)32-34(6,7)28(3,4)5/h8,10-11,14-19,24-27,31H,9,12-13H2,1-7H3/t24?,25?,26-,27+/m1/s1. The van der Waals surface area contributed by atoms with Crippen molar-refractivity contribution < 1.29 is 4.43 Å². The third kappa shape index (κ3) is 7.27. The molecule has 2 aromatic rings. The summed E-state index contributed by atoms with van der Waals surface area (Å²) >= 11 is 14.9. The van der Waals surface area contributed by atoms with Crippen molar-refractivity contribution >= 4 is 43.3 Å². The fourth-order valence-electron chi connectivity index (χ4n) is 4.39. The Morgan fingerprint density at radius 1 is 0.971 bits per heavy atom. The first-order chi connectivity index (χ1) is 15.9. The van der Waals surface area contributed by atoms with E-state index < -0.39 is 8.32 Å². The lowest BCUT2D eigenvalue weighted by atomic mass is 9.94. The Balaban J connectivity index is 2.06. The summed E-state index contributed by atoms with van der Waals surface area (Å²) in [6.45, 7) is 16.1. The minimum atomic E-state index is -2.09. The molecule has 2 aromatic carbocycles. The normalized spacial score (nSPS) is 21.1. The van der Waals surface area contributed by atoms with Crippen LogP contribution in [0.3, 0.4) is 0 Å². The number of halogens is 2. The van der Waals surface area contributed by atoms with Gasteiger partial charge in [-0.3, -0.25) is 0 Å². The van der Waals surface area contributed by atoms with Crippen LogP contribution in [0.5, 0.6) is 0 Å². The van der Waals surface area contributed by atoms with Crippen molar-refractivity contribution in [1.82, 2.24) is 5.32 Å². The van der Waals surface area contributed by atoms with E-state index in [1.807, 2.05) is 24.3 Å². The zero-order valence-corrected chi connectivity index (χ0v) is 25.0. The highest BCUT2D eigenvalue weighted by molar-refractivity contribution is 8.00. The molecule has 1 aliphatic carbocycles. The molecule has 4 atom stereocenters. The SMILES string of the molecule is CC(C)SC1CCCC1N[C@H](c1ccc(Cl)cc1)[C@@H](O[Si](C)(C)C(C)(C)C)c1cccc(Cl)c1. The zero-order chi connectivity index (χ0) is 25.1. The maximum Gasteiger partial charge on any atom is 0.193 e. The van der Waals surface area contributed by atoms with E-state index in [4.69, 9.17) is 27.6 Å². The summed E-state index contributed by atoms with van der Waals surface area (Å²) in [5.41, 5.74) is 2.32. The Morgan fingerprint density at radius 3 is 2.24 bits per heavy atom. The smallest absolute Gasteiger partial charge is 0.193 e. The van der Waals surface area contributed by atoms with Gasteiger partial charge >= 0.3 is 0 Å². The third-order valence-electron chi connectivity index (χ3n) is 7.23. The van der Waals surface area contributed by atoms with Gasteiger partial charge in [0.25, 0.3) is 0 Å². The summed E-state index contributed by atoms with van der Waals surface area (Å²) < 4.78 is 7.19. The van der Waals surface area contributed by atoms with Crippen molar-refractivity contribution in [2.45, 2.75) is 101 Å². The first-order valence-corrected chi connectivity index (χ1v) is 17.1. The van der Waals surface area contributed by atoms with Gasteiger partial charge in [0.2, 0.25) is 0 Å². The van der Waals surface area contributed by atoms with Crippen LogP contribution in [0.15, 0.2) is 48.5 Å². The van der Waals surface area contributed by atoms with E-state index in [-0.39, 0.29) is 17.2 Å². The van der Waals surface area contributed by atoms with Gasteiger partial charge in [-0.2, -0.15) is 11.8 Å². The van der Waals surface area contributed by atoms with Gasteiger partial charge in [0, 0.05) is 21.3 Å². The number of rotatable bonds is 9. The molecule has 3 rings (SSSR count). The molecule has 2 nitrogen and oxygen atoms in total. The van der Waals surface area contributed by atoms with Gasteiger partial charge in [-0.25, -0.2) is 0 Å². The molecule has 1 fully saturated rings. The van der Waals surface area contributed by atoms with Crippen LogP contribution >= 0.6 is 35.0 Å². The van der Waals surface area contributed by atoms with Gasteiger partial charge in [-0.1, -0.05) is 88.5 Å². The lowest BCUT2D eigenvalue weighted by Crippen LogP contribution is -2.46. The van der Waals surface area contributed by atoms with E-state index in [2.05, 4.69) is 89.1 Å². The molecule has 2 unspecified atom stereocenters. The molecule has 0 saturated heterocycles. The molecule has 1 saturated carbocycles. The number of benzene rings is 2. The van der Waals surface area contributed by atoms with Crippen molar-refractivity contribution in [1.29, 1.82) is 0 Å². The predicted octanol–water partition coefficient (Wildman–Crippen LogP) is 9.45. The molecule has 6 heteroatoms. The summed E-state index contributed by atoms with van der Waals surface area (Å²) in [7, 11) is -2.09. The Kier molecular flexibility index (Phi) is 9.67. The van der Waals surface area contributed by atoms with E-state index in [9.17, 15) is 0 Å². The van der Waals surface area contributed by atoms with Crippen LogP contribution in [0.2, 0.25) is 28.2 Å². The monoisotopic (exact) mass is 537 g/mol. The molecule has 0 amide bonds. The van der Waals surface area contributed by atoms with Gasteiger partial charge in [0.05, 0.1) is 12.1 Å². The number of nitrogens with one attached hydrogen (secondary N) is 1. The summed E-state index contributed by atoms with van der Waals surface area (Å²) in [4.78, 5) is 0. The van der Waals surface area contributed by atoms with Gasteiger partial charge in [0.1, 0.15) is 0 Å². The van der Waals surface area contributed by atoms with E-state index in [0.29, 0.717) is 16.5 Å². The Labute approximate surface area is 222 Å². The summed E-state index contributed by atoms with van der Waals surface area (Å²) in [5, 5.41) is 6.91. The molecule has 0 radical (unpaired) electrons. The van der Waals surface area contributed by atoms with Crippen LogP contribution in [0.4, 0.5) is 0 Å². The van der Waals surface area contributed by atoms with E-state index in [1.54, 1.807) is 0 Å². The second-order valence-electron chi connectivity index (χ2n) is 11.3. The van der Waals surface area contributed by atoms with Crippen LogP contribution in [0.25, 0.3) is 0 Å². The molecule has 1 N–H and O–H groups in total. The zero-order valence-electron chi connectivity index (χ0n) is 21.7. The highest BCUT2D eigenvalue weighted by Gasteiger charge is 2.42.